The van der Waals surface area contributed by atoms with E-state index in [1.807, 2.05) is 12.1 Å². The van der Waals surface area contributed by atoms with Gasteiger partial charge in [0.15, 0.2) is 0 Å². The molecule has 1 unspecified atom stereocenters. The zero-order valence-corrected chi connectivity index (χ0v) is 20.2. The predicted octanol–water partition coefficient (Wildman–Crippen LogP) is 4.03. The molecule has 2 amide bonds. The number of nitrogens with one attached hydrogen (secondary N) is 1. The third-order valence-electron chi connectivity index (χ3n) is 7.48. The van der Waals surface area contributed by atoms with E-state index in [4.69, 9.17) is 16.3 Å². The Hall–Kier alpha value is -2.41. The van der Waals surface area contributed by atoms with E-state index in [2.05, 4.69) is 34.5 Å². The lowest BCUT2D eigenvalue weighted by atomic mass is 9.84. The van der Waals surface area contributed by atoms with Crippen LogP contribution in [0.15, 0.2) is 48.5 Å². The summed E-state index contributed by atoms with van der Waals surface area (Å²) in [5, 5.41) is 3.69. The molecule has 0 aromatic heterocycles. The average molecular weight is 482 g/mol. The highest BCUT2D eigenvalue weighted by Gasteiger charge is 2.42. The highest BCUT2D eigenvalue weighted by atomic mass is 35.5. The van der Waals surface area contributed by atoms with E-state index in [-0.39, 0.29) is 17.4 Å². The Morgan fingerprint density at radius 3 is 2.59 bits per heavy atom. The second-order valence-electron chi connectivity index (χ2n) is 9.57. The molecule has 34 heavy (non-hydrogen) atoms. The Labute approximate surface area is 206 Å². The van der Waals surface area contributed by atoms with Gasteiger partial charge in [0.1, 0.15) is 6.04 Å². The summed E-state index contributed by atoms with van der Waals surface area (Å²) in [6.07, 6.45) is 4.18. The molecule has 7 heteroatoms. The fourth-order valence-electron chi connectivity index (χ4n) is 5.61. The molecule has 2 saturated heterocycles. The van der Waals surface area contributed by atoms with Crippen LogP contribution in [0.5, 0.6) is 0 Å². The smallest absolute Gasteiger partial charge is 0.247 e. The summed E-state index contributed by atoms with van der Waals surface area (Å²) in [4.78, 5) is 29.7. The van der Waals surface area contributed by atoms with E-state index in [0.717, 1.165) is 57.5 Å². The van der Waals surface area contributed by atoms with Crippen molar-refractivity contribution >= 4 is 23.4 Å². The number of likely N-dealkylation sites (tertiary alicyclic amines) is 2. The average Bonchev–Trinajstić information content (AvgIpc) is 3.43. The number of amides is 2. The van der Waals surface area contributed by atoms with E-state index in [1.54, 1.807) is 17.0 Å². The van der Waals surface area contributed by atoms with Crippen LogP contribution in [0.3, 0.4) is 0 Å². The van der Waals surface area contributed by atoms with E-state index >= 15 is 0 Å². The van der Waals surface area contributed by atoms with Crippen molar-refractivity contribution in [3.05, 3.63) is 70.2 Å². The standard InChI is InChI=1S/C27H32ClN3O3/c28-22-10-8-20(9-11-22)25(31-16-3-7-24(31)32)26(33)29-14-4-15-30-17-12-27(13-18-30)23-6-2-1-5-21(23)19-34-27/h1-2,5-6,8-11,25H,3-4,7,12-19H2,(H,29,33). The SMILES string of the molecule is O=C(NCCCN1CCC2(CC1)OCc1ccccc12)C(c1ccc(Cl)cc1)N1CCCC1=O. The molecule has 2 aromatic carbocycles. The molecule has 3 heterocycles. The largest absolute Gasteiger partial charge is 0.365 e. The minimum Gasteiger partial charge on any atom is -0.365 e. The number of piperidine rings is 1. The number of hydrogen-bond donors (Lipinski definition) is 1. The van der Waals surface area contributed by atoms with Crippen LogP contribution in [0, 0.1) is 0 Å². The fraction of sp³-hybridized carbons (Fsp3) is 0.481. The van der Waals surface area contributed by atoms with Gasteiger partial charge in [0.25, 0.3) is 0 Å². The summed E-state index contributed by atoms with van der Waals surface area (Å²) in [6.45, 7) is 4.85. The van der Waals surface area contributed by atoms with Crippen molar-refractivity contribution in [2.75, 3.05) is 32.7 Å². The number of hydrogen-bond acceptors (Lipinski definition) is 4. The molecule has 5 rings (SSSR count). The molecule has 2 fully saturated rings. The maximum absolute atomic E-state index is 13.1. The van der Waals surface area contributed by atoms with Gasteiger partial charge < -0.3 is 19.9 Å². The Bertz CT molecular complexity index is 1030. The monoisotopic (exact) mass is 481 g/mol. The molecule has 0 bridgehead atoms. The van der Waals surface area contributed by atoms with Gasteiger partial charge in [-0.25, -0.2) is 0 Å². The van der Waals surface area contributed by atoms with Gasteiger partial charge in [0, 0.05) is 37.6 Å². The van der Waals surface area contributed by atoms with E-state index in [0.29, 0.717) is 24.5 Å². The highest BCUT2D eigenvalue weighted by Crippen LogP contribution is 2.43. The summed E-state index contributed by atoms with van der Waals surface area (Å²) in [5.74, 6) is -0.0841. The number of nitrogens with zero attached hydrogens (tertiary/aromatic N) is 2. The van der Waals surface area contributed by atoms with Gasteiger partial charge in [-0.05, 0) is 61.1 Å². The minimum atomic E-state index is -0.596. The first kappa shape index (κ1) is 23.3. The molecule has 0 saturated carbocycles. The molecule has 1 atom stereocenters. The van der Waals surface area contributed by atoms with Gasteiger partial charge >= 0.3 is 0 Å². The molecule has 0 radical (unpaired) electrons. The Morgan fingerprint density at radius 1 is 1.09 bits per heavy atom. The number of rotatable bonds is 7. The second kappa shape index (κ2) is 10.1. The lowest BCUT2D eigenvalue weighted by molar-refractivity contribution is -0.137. The predicted molar refractivity (Wildman–Crippen MR) is 131 cm³/mol. The Kier molecular flexibility index (Phi) is 6.91. The van der Waals surface area contributed by atoms with Crippen molar-refractivity contribution in [2.45, 2.75) is 50.4 Å². The molecule has 1 spiro atoms. The molecule has 3 aliphatic heterocycles. The van der Waals surface area contributed by atoms with Gasteiger partial charge in [-0.2, -0.15) is 0 Å². The Morgan fingerprint density at radius 2 is 1.85 bits per heavy atom. The number of ether oxygens (including phenoxy) is 1. The fourth-order valence-corrected chi connectivity index (χ4v) is 5.73. The molecule has 0 aliphatic carbocycles. The van der Waals surface area contributed by atoms with Crippen LogP contribution in [0.2, 0.25) is 5.02 Å². The number of carbonyl (C=O) groups excluding carboxylic acids is 2. The molecular formula is C27H32ClN3O3. The van der Waals surface area contributed by atoms with E-state index < -0.39 is 6.04 Å². The van der Waals surface area contributed by atoms with Gasteiger partial charge in [-0.1, -0.05) is 48.0 Å². The molecule has 1 N–H and O–H groups in total. The van der Waals surface area contributed by atoms with Crippen molar-refractivity contribution in [1.82, 2.24) is 15.1 Å². The van der Waals surface area contributed by atoms with Gasteiger partial charge in [-0.3, -0.25) is 9.59 Å². The lowest BCUT2D eigenvalue weighted by Gasteiger charge is -2.39. The first-order chi connectivity index (χ1) is 16.6. The van der Waals surface area contributed by atoms with Crippen LogP contribution in [-0.4, -0.2) is 54.3 Å². The molecule has 2 aromatic rings. The van der Waals surface area contributed by atoms with Crippen molar-refractivity contribution < 1.29 is 14.3 Å². The zero-order valence-electron chi connectivity index (χ0n) is 19.5. The lowest BCUT2D eigenvalue weighted by Crippen LogP contribution is -2.44. The Balaban J connectivity index is 1.12. The van der Waals surface area contributed by atoms with E-state index in [1.165, 1.54) is 11.1 Å². The van der Waals surface area contributed by atoms with Gasteiger partial charge in [0.2, 0.25) is 11.8 Å². The normalized spacial score (nSPS) is 20.5. The van der Waals surface area contributed by atoms with Crippen LogP contribution < -0.4 is 5.32 Å². The highest BCUT2D eigenvalue weighted by molar-refractivity contribution is 6.30. The molecular weight excluding hydrogens is 450 g/mol. The number of benzene rings is 2. The van der Waals surface area contributed by atoms with Crippen LogP contribution >= 0.6 is 11.6 Å². The topological polar surface area (TPSA) is 61.9 Å². The van der Waals surface area contributed by atoms with Crippen LogP contribution in [0.4, 0.5) is 0 Å². The maximum atomic E-state index is 13.1. The number of halogens is 1. The van der Waals surface area contributed by atoms with E-state index in [9.17, 15) is 9.59 Å². The van der Waals surface area contributed by atoms with Crippen molar-refractivity contribution in [3.63, 3.8) is 0 Å². The molecule has 3 aliphatic rings. The zero-order chi connectivity index (χ0) is 23.5. The van der Waals surface area contributed by atoms with Crippen LogP contribution in [-0.2, 0) is 26.5 Å². The van der Waals surface area contributed by atoms with Crippen molar-refractivity contribution in [3.8, 4) is 0 Å². The summed E-state index contributed by atoms with van der Waals surface area (Å²) in [6, 6.07) is 15.2. The third kappa shape index (κ3) is 4.72. The summed E-state index contributed by atoms with van der Waals surface area (Å²) >= 11 is 6.03. The minimum absolute atomic E-state index is 0.0352. The second-order valence-corrected chi connectivity index (χ2v) is 10.0. The first-order valence-corrected chi connectivity index (χ1v) is 12.7. The third-order valence-corrected chi connectivity index (χ3v) is 7.73. The maximum Gasteiger partial charge on any atom is 0.247 e. The van der Waals surface area contributed by atoms with Crippen LogP contribution in [0.1, 0.15) is 54.8 Å². The van der Waals surface area contributed by atoms with Gasteiger partial charge in [-0.15, -0.1) is 0 Å². The quantitative estimate of drug-likeness (QED) is 0.606. The summed E-state index contributed by atoms with van der Waals surface area (Å²) < 4.78 is 6.27. The summed E-state index contributed by atoms with van der Waals surface area (Å²) in [7, 11) is 0. The van der Waals surface area contributed by atoms with Crippen molar-refractivity contribution in [1.29, 1.82) is 0 Å². The van der Waals surface area contributed by atoms with Crippen molar-refractivity contribution in [2.24, 2.45) is 0 Å². The molecule has 180 valence electrons. The molecule has 6 nitrogen and oxygen atoms in total. The summed E-state index contributed by atoms with van der Waals surface area (Å²) in [5.41, 5.74) is 3.38. The van der Waals surface area contributed by atoms with Crippen LogP contribution in [0.25, 0.3) is 0 Å². The number of carbonyl (C=O) groups is 2. The number of fused-ring (bicyclic) bond motifs is 2. The first-order valence-electron chi connectivity index (χ1n) is 12.3. The van der Waals surface area contributed by atoms with Gasteiger partial charge in [0.05, 0.1) is 12.2 Å².